The van der Waals surface area contributed by atoms with Crippen molar-refractivity contribution in [3.63, 3.8) is 0 Å². The molecule has 0 saturated heterocycles. The molecular formula is C10H12O7. The zero-order valence-corrected chi connectivity index (χ0v) is 9.30. The number of ketones is 1. The molecule has 0 aromatic carbocycles. The zero-order valence-electron chi connectivity index (χ0n) is 9.30. The molecule has 0 aliphatic heterocycles. The number of ether oxygens (including phenoxy) is 2. The molecular weight excluding hydrogens is 232 g/mol. The maximum absolute atomic E-state index is 11.8. The third-order valence-electron chi connectivity index (χ3n) is 2.79. The van der Waals surface area contributed by atoms with Crippen molar-refractivity contribution in [1.82, 2.24) is 0 Å². The smallest absolute Gasteiger partial charge is 0.347 e. The number of aliphatic carboxylic acids is 2. The van der Waals surface area contributed by atoms with E-state index in [0.29, 0.717) is 0 Å². The average Bonchev–Trinajstić information content (AvgIpc) is 2.28. The lowest BCUT2D eigenvalue weighted by atomic mass is 9.81. The van der Waals surface area contributed by atoms with Crippen LogP contribution in [0.3, 0.4) is 0 Å². The van der Waals surface area contributed by atoms with Crippen LogP contribution in [0.2, 0.25) is 0 Å². The summed E-state index contributed by atoms with van der Waals surface area (Å²) in [5.41, 5.74) is -3.95. The van der Waals surface area contributed by atoms with Gasteiger partial charge in [0, 0.05) is 14.2 Å². The van der Waals surface area contributed by atoms with E-state index in [1.54, 1.807) is 0 Å². The van der Waals surface area contributed by atoms with Crippen LogP contribution in [-0.4, -0.2) is 53.4 Å². The molecule has 1 aliphatic carbocycles. The molecule has 0 heterocycles. The predicted molar refractivity (Wildman–Crippen MR) is 53.5 cm³/mol. The van der Waals surface area contributed by atoms with E-state index in [9.17, 15) is 14.4 Å². The van der Waals surface area contributed by atoms with Crippen LogP contribution in [0, 0.1) is 0 Å². The fraction of sp³-hybridized carbons (Fsp3) is 0.500. The second-order valence-corrected chi connectivity index (χ2v) is 3.58. The van der Waals surface area contributed by atoms with Gasteiger partial charge in [0.15, 0.2) is 11.4 Å². The summed E-state index contributed by atoms with van der Waals surface area (Å²) < 4.78 is 9.46. The minimum Gasteiger partial charge on any atom is -0.479 e. The monoisotopic (exact) mass is 244 g/mol. The minimum atomic E-state index is -2.13. The first-order valence-electron chi connectivity index (χ1n) is 4.65. The molecule has 0 spiro atoms. The Morgan fingerprint density at radius 3 is 2.06 bits per heavy atom. The van der Waals surface area contributed by atoms with E-state index in [1.807, 2.05) is 0 Å². The molecule has 0 bridgehead atoms. The molecule has 94 valence electrons. The maximum atomic E-state index is 11.8. The number of hydrogen-bond acceptors (Lipinski definition) is 5. The van der Waals surface area contributed by atoms with E-state index >= 15 is 0 Å². The van der Waals surface area contributed by atoms with E-state index in [-0.39, 0.29) is 0 Å². The molecule has 17 heavy (non-hydrogen) atoms. The highest BCUT2D eigenvalue weighted by Gasteiger charge is 2.53. The molecule has 7 nitrogen and oxygen atoms in total. The Kier molecular flexibility index (Phi) is 3.35. The van der Waals surface area contributed by atoms with E-state index in [4.69, 9.17) is 14.9 Å². The van der Waals surface area contributed by atoms with Crippen LogP contribution in [0.15, 0.2) is 12.2 Å². The van der Waals surface area contributed by atoms with Gasteiger partial charge in [-0.3, -0.25) is 4.79 Å². The Morgan fingerprint density at radius 2 is 1.76 bits per heavy atom. The van der Waals surface area contributed by atoms with Crippen molar-refractivity contribution in [3.05, 3.63) is 12.2 Å². The van der Waals surface area contributed by atoms with Gasteiger partial charge in [-0.05, 0) is 12.2 Å². The van der Waals surface area contributed by atoms with Crippen LogP contribution in [0.5, 0.6) is 0 Å². The van der Waals surface area contributed by atoms with Crippen molar-refractivity contribution in [2.24, 2.45) is 0 Å². The van der Waals surface area contributed by atoms with Crippen LogP contribution in [0.4, 0.5) is 0 Å². The number of carboxylic acids is 2. The molecule has 7 heteroatoms. The number of methoxy groups -OCH3 is 2. The van der Waals surface area contributed by atoms with Gasteiger partial charge < -0.3 is 19.7 Å². The van der Waals surface area contributed by atoms with E-state index < -0.39 is 35.3 Å². The molecule has 0 aromatic rings. The van der Waals surface area contributed by atoms with Gasteiger partial charge in [-0.25, -0.2) is 9.59 Å². The summed E-state index contributed by atoms with van der Waals surface area (Å²) in [6, 6.07) is 0. The Balaban J connectivity index is 3.25. The molecule has 1 aliphatic rings. The summed E-state index contributed by atoms with van der Waals surface area (Å²) in [4.78, 5) is 33.8. The predicted octanol–water partition coefficient (Wildman–Crippen LogP) is -0.545. The minimum absolute atomic E-state index is 0.602. The fourth-order valence-electron chi connectivity index (χ4n) is 1.61. The van der Waals surface area contributed by atoms with Crippen molar-refractivity contribution < 1.29 is 34.1 Å². The molecule has 0 fully saturated rings. The van der Waals surface area contributed by atoms with Crippen LogP contribution < -0.4 is 0 Å². The van der Waals surface area contributed by atoms with Crippen molar-refractivity contribution in [1.29, 1.82) is 0 Å². The normalized spacial score (nSPS) is 32.5. The summed E-state index contributed by atoms with van der Waals surface area (Å²) >= 11 is 0. The van der Waals surface area contributed by atoms with E-state index in [1.165, 1.54) is 0 Å². The summed E-state index contributed by atoms with van der Waals surface area (Å²) in [5, 5.41) is 17.9. The lowest BCUT2D eigenvalue weighted by Gasteiger charge is -2.33. The van der Waals surface area contributed by atoms with Crippen molar-refractivity contribution in [3.8, 4) is 0 Å². The summed E-state index contributed by atoms with van der Waals surface area (Å²) in [6.45, 7) is 0. The number of carbonyl (C=O) groups is 3. The Morgan fingerprint density at radius 1 is 1.18 bits per heavy atom. The van der Waals surface area contributed by atoms with Crippen LogP contribution in [0.25, 0.3) is 0 Å². The van der Waals surface area contributed by atoms with Crippen molar-refractivity contribution in [2.75, 3.05) is 14.2 Å². The Hall–Kier alpha value is -1.73. The fourth-order valence-corrected chi connectivity index (χ4v) is 1.61. The van der Waals surface area contributed by atoms with Gasteiger partial charge in [-0.2, -0.15) is 0 Å². The third-order valence-corrected chi connectivity index (χ3v) is 2.79. The molecule has 0 aromatic heterocycles. The van der Waals surface area contributed by atoms with E-state index in [2.05, 4.69) is 4.74 Å². The maximum Gasteiger partial charge on any atom is 0.347 e. The molecule has 0 radical (unpaired) electrons. The number of hydrogen-bond donors (Lipinski definition) is 2. The first-order chi connectivity index (χ1) is 7.84. The second-order valence-electron chi connectivity index (χ2n) is 3.58. The van der Waals surface area contributed by atoms with Crippen molar-refractivity contribution >= 4 is 17.7 Å². The summed E-state index contributed by atoms with van der Waals surface area (Å²) in [5.74, 6) is -3.73. The van der Waals surface area contributed by atoms with Crippen LogP contribution in [-0.2, 0) is 23.9 Å². The summed E-state index contributed by atoms with van der Waals surface area (Å²) in [7, 11) is 2.20. The Labute approximate surface area is 96.6 Å². The molecule has 1 rings (SSSR count). The van der Waals surface area contributed by atoms with Crippen LogP contribution in [0.1, 0.15) is 6.42 Å². The first-order valence-corrected chi connectivity index (χ1v) is 4.65. The Bertz CT molecular complexity index is 399. The standard InChI is InChI=1S/C10H12O7/c1-16-9(7(12)13)3-4-10(17-2,8(14)15)6(11)5-9/h3-4H,5H2,1-2H3,(H,12,13)(H,14,15). The second kappa shape index (κ2) is 4.27. The van der Waals surface area contributed by atoms with Gasteiger partial charge >= 0.3 is 11.9 Å². The van der Waals surface area contributed by atoms with Gasteiger partial charge in [0.2, 0.25) is 5.60 Å². The quantitative estimate of drug-likeness (QED) is 0.504. The van der Waals surface area contributed by atoms with Gasteiger partial charge in [-0.1, -0.05) is 0 Å². The lowest BCUT2D eigenvalue weighted by Crippen LogP contribution is -2.55. The largest absolute Gasteiger partial charge is 0.479 e. The molecule has 0 amide bonds. The summed E-state index contributed by atoms with van der Waals surface area (Å²) in [6.07, 6.45) is 1.32. The highest BCUT2D eigenvalue weighted by Crippen LogP contribution is 2.31. The van der Waals surface area contributed by atoms with Crippen molar-refractivity contribution in [2.45, 2.75) is 17.6 Å². The third kappa shape index (κ3) is 1.83. The van der Waals surface area contributed by atoms with Gasteiger partial charge in [-0.15, -0.1) is 0 Å². The molecule has 2 atom stereocenters. The highest BCUT2D eigenvalue weighted by atomic mass is 16.5. The SMILES string of the molecule is COC1(C(=O)O)C=CC(OC)(C(=O)O)C(=O)C1. The average molecular weight is 244 g/mol. The number of carboxylic acid groups (broad SMARTS) is 2. The lowest BCUT2D eigenvalue weighted by molar-refractivity contribution is -0.172. The topological polar surface area (TPSA) is 110 Å². The zero-order chi connectivity index (χ0) is 13.3. The number of carbonyl (C=O) groups excluding carboxylic acids is 1. The first kappa shape index (κ1) is 13.3. The van der Waals surface area contributed by atoms with Gasteiger partial charge in [0.05, 0.1) is 6.42 Å². The molecule has 2 unspecified atom stereocenters. The number of Topliss-reactive ketones (excluding diaryl/α,β-unsaturated/α-hetero) is 1. The van der Waals surface area contributed by atoms with Crippen LogP contribution >= 0.6 is 0 Å². The highest BCUT2D eigenvalue weighted by molar-refractivity contribution is 6.11. The molecule has 2 N–H and O–H groups in total. The molecule has 0 saturated carbocycles. The van der Waals surface area contributed by atoms with Gasteiger partial charge in [0.1, 0.15) is 0 Å². The number of rotatable bonds is 4. The van der Waals surface area contributed by atoms with Gasteiger partial charge in [0.25, 0.3) is 0 Å². The van der Waals surface area contributed by atoms with E-state index in [0.717, 1.165) is 26.4 Å².